The van der Waals surface area contributed by atoms with Gasteiger partial charge in [0.25, 0.3) is 0 Å². The third kappa shape index (κ3) is 0.799. The number of carbonyl (C=O) groups excluding carboxylic acids is 1. The molecule has 0 aromatic carbocycles. The van der Waals surface area contributed by atoms with Crippen molar-refractivity contribution in [2.75, 3.05) is 0 Å². The minimum absolute atomic E-state index is 0.473. The van der Waals surface area contributed by atoms with Crippen LogP contribution in [0.1, 0.15) is 32.6 Å². The lowest BCUT2D eigenvalue weighted by Crippen LogP contribution is -2.23. The molecule has 0 spiro atoms. The van der Waals surface area contributed by atoms with Gasteiger partial charge in [-0.25, -0.2) is 0 Å². The quantitative estimate of drug-likeness (QED) is 0.500. The summed E-state index contributed by atoms with van der Waals surface area (Å²) in [7, 11) is 0. The maximum absolute atomic E-state index is 11.3. The number of hydrogen-bond donors (Lipinski definition) is 0. The van der Waals surface area contributed by atoms with Crippen LogP contribution >= 0.6 is 0 Å². The molecular weight excluding hydrogens is 124 g/mol. The van der Waals surface area contributed by atoms with E-state index in [1.54, 1.807) is 0 Å². The highest BCUT2D eigenvalue weighted by Gasteiger charge is 2.38. The van der Waals surface area contributed by atoms with Crippen LogP contribution in [0.3, 0.4) is 0 Å². The molecule has 0 radical (unpaired) electrons. The second-order valence-corrected chi connectivity index (χ2v) is 3.92. The summed E-state index contributed by atoms with van der Waals surface area (Å²) in [6, 6.07) is 0. The van der Waals surface area contributed by atoms with E-state index in [2.05, 4.69) is 6.92 Å². The summed E-state index contributed by atoms with van der Waals surface area (Å²) in [6.45, 7) is 2.23. The van der Waals surface area contributed by atoms with Crippen LogP contribution in [0.15, 0.2) is 0 Å². The van der Waals surface area contributed by atoms with Gasteiger partial charge >= 0.3 is 0 Å². The van der Waals surface area contributed by atoms with Crippen molar-refractivity contribution in [2.45, 2.75) is 32.6 Å². The molecule has 0 aromatic heterocycles. The van der Waals surface area contributed by atoms with E-state index in [1.165, 1.54) is 19.3 Å². The summed E-state index contributed by atoms with van der Waals surface area (Å²) in [5.41, 5.74) is 0. The predicted octanol–water partition coefficient (Wildman–Crippen LogP) is 2.01. The third-order valence-electron chi connectivity index (χ3n) is 3.26. The molecule has 2 rings (SSSR count). The van der Waals surface area contributed by atoms with E-state index < -0.39 is 0 Å². The van der Waals surface area contributed by atoms with Crippen molar-refractivity contribution in [1.82, 2.24) is 0 Å². The van der Waals surface area contributed by atoms with Gasteiger partial charge in [0.05, 0.1) is 0 Å². The summed E-state index contributed by atoms with van der Waals surface area (Å²) in [5.74, 6) is 2.59. The Labute approximate surface area is 61.8 Å². The second-order valence-electron chi connectivity index (χ2n) is 3.92. The molecule has 2 aliphatic rings. The Bertz CT molecular complexity index is 162. The Morgan fingerprint density at radius 2 is 2.20 bits per heavy atom. The number of hydrogen-bond acceptors (Lipinski definition) is 1. The van der Waals surface area contributed by atoms with Crippen molar-refractivity contribution >= 4 is 5.78 Å². The Morgan fingerprint density at radius 3 is 3.00 bits per heavy atom. The maximum Gasteiger partial charge on any atom is 0.136 e. The van der Waals surface area contributed by atoms with Crippen molar-refractivity contribution in [3.63, 3.8) is 0 Å². The van der Waals surface area contributed by atoms with Crippen LogP contribution in [0.25, 0.3) is 0 Å². The number of rotatable bonds is 0. The summed E-state index contributed by atoms with van der Waals surface area (Å²) in [5, 5.41) is 0. The first-order valence-corrected chi connectivity index (χ1v) is 4.30. The first-order valence-electron chi connectivity index (χ1n) is 4.30. The van der Waals surface area contributed by atoms with E-state index in [0.29, 0.717) is 17.6 Å². The van der Waals surface area contributed by atoms with Gasteiger partial charge in [0, 0.05) is 12.3 Å². The summed E-state index contributed by atoms with van der Waals surface area (Å²) in [6.07, 6.45) is 4.58. The fraction of sp³-hybridized carbons (Fsp3) is 0.889. The average molecular weight is 138 g/mol. The Hall–Kier alpha value is -0.330. The molecule has 0 N–H and O–H groups in total. The number of carbonyl (C=O) groups is 1. The first-order chi connectivity index (χ1) is 4.77. The predicted molar refractivity (Wildman–Crippen MR) is 39.6 cm³/mol. The highest BCUT2D eigenvalue weighted by molar-refractivity contribution is 5.82. The fourth-order valence-electron chi connectivity index (χ4n) is 2.48. The van der Waals surface area contributed by atoms with E-state index in [4.69, 9.17) is 0 Å². The molecule has 1 nitrogen and oxygen atoms in total. The van der Waals surface area contributed by atoms with E-state index in [9.17, 15) is 4.79 Å². The van der Waals surface area contributed by atoms with Gasteiger partial charge in [-0.15, -0.1) is 0 Å². The Balaban J connectivity index is 2.16. The third-order valence-corrected chi connectivity index (χ3v) is 3.26. The number of fused-ring (bicyclic) bond motifs is 2. The summed E-state index contributed by atoms with van der Waals surface area (Å²) < 4.78 is 0. The van der Waals surface area contributed by atoms with Gasteiger partial charge in [-0.1, -0.05) is 6.92 Å². The molecule has 3 atom stereocenters. The highest BCUT2D eigenvalue weighted by Crippen LogP contribution is 2.42. The number of ketones is 1. The van der Waals surface area contributed by atoms with Crippen LogP contribution in [0.5, 0.6) is 0 Å². The smallest absolute Gasteiger partial charge is 0.136 e. The molecular formula is C9H14O. The van der Waals surface area contributed by atoms with Crippen molar-refractivity contribution in [3.05, 3.63) is 0 Å². The minimum atomic E-state index is 0.473. The van der Waals surface area contributed by atoms with Gasteiger partial charge in [-0.3, -0.25) is 4.79 Å². The van der Waals surface area contributed by atoms with Crippen molar-refractivity contribution < 1.29 is 4.79 Å². The van der Waals surface area contributed by atoms with Crippen molar-refractivity contribution in [2.24, 2.45) is 17.8 Å². The lowest BCUT2D eigenvalue weighted by atomic mass is 9.80. The molecule has 0 unspecified atom stereocenters. The van der Waals surface area contributed by atoms with Crippen LogP contribution in [0.2, 0.25) is 0 Å². The minimum Gasteiger partial charge on any atom is -0.299 e. The van der Waals surface area contributed by atoms with Crippen LogP contribution < -0.4 is 0 Å². The molecule has 2 fully saturated rings. The van der Waals surface area contributed by atoms with Crippen LogP contribution in [-0.4, -0.2) is 5.78 Å². The molecule has 0 aromatic rings. The van der Waals surface area contributed by atoms with Crippen molar-refractivity contribution in [1.29, 1.82) is 0 Å². The van der Waals surface area contributed by atoms with E-state index in [1.807, 2.05) is 0 Å². The molecule has 0 heterocycles. The van der Waals surface area contributed by atoms with Gasteiger partial charge in [0.2, 0.25) is 0 Å². The summed E-state index contributed by atoms with van der Waals surface area (Å²) >= 11 is 0. The maximum atomic E-state index is 11.3. The molecule has 56 valence electrons. The van der Waals surface area contributed by atoms with Gasteiger partial charge in [0.15, 0.2) is 0 Å². The zero-order valence-electron chi connectivity index (χ0n) is 6.47. The van der Waals surface area contributed by atoms with E-state index >= 15 is 0 Å². The van der Waals surface area contributed by atoms with Gasteiger partial charge in [0.1, 0.15) is 5.78 Å². The standard InChI is InChI=1S/C9H14O/c1-6-4-9(10)8-3-2-7(6)5-8/h6-8H,2-5H2,1H3/t6-,7+,8+/m1/s1. The largest absolute Gasteiger partial charge is 0.299 e. The van der Waals surface area contributed by atoms with Crippen LogP contribution in [0.4, 0.5) is 0 Å². The SMILES string of the molecule is C[C@@H]1CC(=O)[C@H]2CC[C@H]1C2. The van der Waals surface area contributed by atoms with Crippen LogP contribution in [0, 0.1) is 17.8 Å². The Kier molecular flexibility index (Phi) is 1.33. The van der Waals surface area contributed by atoms with Gasteiger partial charge in [-0.05, 0) is 31.1 Å². The summed E-state index contributed by atoms with van der Waals surface area (Å²) in [4.78, 5) is 11.3. The molecule has 0 amide bonds. The van der Waals surface area contributed by atoms with Gasteiger partial charge in [-0.2, -0.15) is 0 Å². The second kappa shape index (κ2) is 2.08. The van der Waals surface area contributed by atoms with Gasteiger partial charge < -0.3 is 0 Å². The molecule has 10 heavy (non-hydrogen) atoms. The van der Waals surface area contributed by atoms with Crippen molar-refractivity contribution in [3.8, 4) is 0 Å². The number of Topliss-reactive ketones (excluding diaryl/α,β-unsaturated/α-hetero) is 1. The lowest BCUT2D eigenvalue weighted by Gasteiger charge is -2.23. The molecule has 2 saturated carbocycles. The monoisotopic (exact) mass is 138 g/mol. The van der Waals surface area contributed by atoms with E-state index in [0.717, 1.165) is 12.3 Å². The molecule has 2 bridgehead atoms. The zero-order chi connectivity index (χ0) is 7.14. The first kappa shape index (κ1) is 6.38. The average Bonchev–Trinajstić information content (AvgIpc) is 2.28. The molecule has 0 aliphatic heterocycles. The fourth-order valence-corrected chi connectivity index (χ4v) is 2.48. The topological polar surface area (TPSA) is 17.1 Å². The Morgan fingerprint density at radius 1 is 1.40 bits per heavy atom. The van der Waals surface area contributed by atoms with Crippen LogP contribution in [-0.2, 0) is 4.79 Å². The molecule has 0 saturated heterocycles. The van der Waals surface area contributed by atoms with E-state index in [-0.39, 0.29) is 0 Å². The molecule has 1 heteroatoms. The zero-order valence-corrected chi connectivity index (χ0v) is 6.47. The molecule has 2 aliphatic carbocycles. The highest BCUT2D eigenvalue weighted by atomic mass is 16.1. The normalized spacial score (nSPS) is 46.1. The lowest BCUT2D eigenvalue weighted by molar-refractivity contribution is -0.125.